The molecule has 0 saturated carbocycles. The first kappa shape index (κ1) is 24.2. The lowest BCUT2D eigenvalue weighted by Gasteiger charge is -2.42. The molecule has 2 heterocycles. The van der Waals surface area contributed by atoms with Crippen molar-refractivity contribution in [3.8, 4) is 5.75 Å². The summed E-state index contributed by atoms with van der Waals surface area (Å²) in [7, 11) is 1.67. The molecule has 2 aromatic rings. The number of benzene rings is 1. The Hall–Kier alpha value is -2.42. The number of amides is 2. The van der Waals surface area contributed by atoms with Gasteiger partial charge in [0.25, 0.3) is 0 Å². The second kappa shape index (κ2) is 11.4. The first-order chi connectivity index (χ1) is 15.4. The Bertz CT molecular complexity index is 916. The van der Waals surface area contributed by atoms with Crippen LogP contribution in [-0.2, 0) is 22.7 Å². The number of nitrogens with one attached hydrogen (secondary N) is 1. The highest BCUT2D eigenvalue weighted by atomic mass is 32.1. The number of nitrogens with two attached hydrogens (primary N) is 1. The summed E-state index contributed by atoms with van der Waals surface area (Å²) in [6, 6.07) is 12.1. The summed E-state index contributed by atoms with van der Waals surface area (Å²) < 4.78 is 5.41. The molecule has 8 heteroatoms. The Labute approximate surface area is 194 Å². The van der Waals surface area contributed by atoms with Gasteiger partial charge in [-0.25, -0.2) is 0 Å². The number of nitrogens with zero attached hydrogens (tertiary/aromatic N) is 2. The number of hydrogen-bond acceptors (Lipinski definition) is 6. The van der Waals surface area contributed by atoms with Gasteiger partial charge in [-0.1, -0.05) is 12.1 Å². The first-order valence-corrected chi connectivity index (χ1v) is 11.9. The summed E-state index contributed by atoms with van der Waals surface area (Å²) in [6.07, 6.45) is 1.43. The predicted molar refractivity (Wildman–Crippen MR) is 128 cm³/mol. The highest BCUT2D eigenvalue weighted by molar-refractivity contribution is 7.11. The zero-order chi connectivity index (χ0) is 23.1. The van der Waals surface area contributed by atoms with Gasteiger partial charge in [0.15, 0.2) is 0 Å². The van der Waals surface area contributed by atoms with E-state index in [9.17, 15) is 9.59 Å². The van der Waals surface area contributed by atoms with Crippen molar-refractivity contribution < 1.29 is 14.3 Å². The van der Waals surface area contributed by atoms with Gasteiger partial charge in [-0.05, 0) is 49.6 Å². The summed E-state index contributed by atoms with van der Waals surface area (Å²) in [5, 5.41) is 2.87. The van der Waals surface area contributed by atoms with E-state index in [1.807, 2.05) is 12.1 Å². The molecule has 0 radical (unpaired) electrons. The molecule has 1 aliphatic rings. The van der Waals surface area contributed by atoms with Gasteiger partial charge in [-0.15, -0.1) is 11.3 Å². The van der Waals surface area contributed by atoms with Crippen LogP contribution in [0, 0.1) is 6.92 Å². The van der Waals surface area contributed by atoms with E-state index in [-0.39, 0.29) is 17.9 Å². The monoisotopic (exact) mass is 458 g/mol. The molecule has 7 nitrogen and oxygen atoms in total. The highest BCUT2D eigenvalue weighted by Gasteiger charge is 2.37. The lowest BCUT2D eigenvalue weighted by molar-refractivity contribution is -0.142. The van der Waals surface area contributed by atoms with Gasteiger partial charge >= 0.3 is 0 Å². The second-order valence-corrected chi connectivity index (χ2v) is 9.63. The molecule has 1 saturated heterocycles. The number of methoxy groups -OCH3 is 1. The van der Waals surface area contributed by atoms with Crippen molar-refractivity contribution >= 4 is 23.2 Å². The van der Waals surface area contributed by atoms with Crippen LogP contribution >= 0.6 is 11.3 Å². The second-order valence-electron chi connectivity index (χ2n) is 8.25. The van der Waals surface area contributed by atoms with Crippen molar-refractivity contribution in [3.63, 3.8) is 0 Å². The van der Waals surface area contributed by atoms with Gasteiger partial charge in [0, 0.05) is 55.4 Å². The third-order valence-corrected chi connectivity index (χ3v) is 6.90. The van der Waals surface area contributed by atoms with Crippen molar-refractivity contribution in [2.45, 2.75) is 51.9 Å². The van der Waals surface area contributed by atoms with Gasteiger partial charge in [0.2, 0.25) is 11.8 Å². The normalized spacial score (nSPS) is 18.6. The highest BCUT2D eigenvalue weighted by Crippen LogP contribution is 2.28. The van der Waals surface area contributed by atoms with Crippen LogP contribution in [0.25, 0.3) is 0 Å². The van der Waals surface area contributed by atoms with Crippen LogP contribution in [0.1, 0.15) is 35.1 Å². The Morgan fingerprint density at radius 2 is 2.09 bits per heavy atom. The fourth-order valence-corrected chi connectivity index (χ4v) is 5.22. The lowest BCUT2D eigenvalue weighted by atomic mass is 9.94. The van der Waals surface area contributed by atoms with E-state index in [1.54, 1.807) is 23.3 Å². The van der Waals surface area contributed by atoms with Crippen molar-refractivity contribution in [3.05, 3.63) is 51.7 Å². The molecule has 0 spiro atoms. The van der Waals surface area contributed by atoms with E-state index in [0.717, 1.165) is 30.8 Å². The molecule has 0 bridgehead atoms. The fourth-order valence-electron chi connectivity index (χ4n) is 4.31. The largest absolute Gasteiger partial charge is 0.497 e. The van der Waals surface area contributed by atoms with Crippen LogP contribution in [0.5, 0.6) is 5.75 Å². The molecule has 2 atom stereocenters. The summed E-state index contributed by atoms with van der Waals surface area (Å²) in [6.45, 7) is 6.55. The Morgan fingerprint density at radius 1 is 1.28 bits per heavy atom. The number of rotatable bonds is 9. The minimum atomic E-state index is -0.476. The van der Waals surface area contributed by atoms with Crippen molar-refractivity contribution in [1.29, 1.82) is 0 Å². The summed E-state index contributed by atoms with van der Waals surface area (Å²) in [5.41, 5.74) is 6.72. The molecule has 1 fully saturated rings. The van der Waals surface area contributed by atoms with E-state index in [4.69, 9.17) is 10.5 Å². The standard InChI is InChI=1S/C24H34N4O3S/c1-17-7-8-22(32-17)16-27(15-19-5-4-6-21(13-19)31-3)20-9-12-28(18(2)29)23(14-20)24(30)26-11-10-25/h4-8,13,20,23H,9-12,14-16,25H2,1-3H3,(H,26,30)/t20?,23-/m1/s1. The van der Waals surface area contributed by atoms with Crippen molar-refractivity contribution in [1.82, 2.24) is 15.1 Å². The maximum absolute atomic E-state index is 12.8. The topological polar surface area (TPSA) is 87.9 Å². The van der Waals surface area contributed by atoms with Gasteiger partial charge in [-0.3, -0.25) is 14.5 Å². The summed E-state index contributed by atoms with van der Waals surface area (Å²) in [4.78, 5) is 31.8. The van der Waals surface area contributed by atoms with E-state index in [2.05, 4.69) is 41.4 Å². The SMILES string of the molecule is COc1cccc(CN(Cc2ccc(C)s2)C2CCN(C(C)=O)[C@@H](C(=O)NCCN)C2)c1. The van der Waals surface area contributed by atoms with Gasteiger partial charge in [0.1, 0.15) is 11.8 Å². The third-order valence-electron chi connectivity index (χ3n) is 5.92. The zero-order valence-electron chi connectivity index (χ0n) is 19.2. The molecule has 2 amide bonds. The smallest absolute Gasteiger partial charge is 0.242 e. The molecule has 174 valence electrons. The number of carbonyl (C=O) groups excluding carboxylic acids is 2. The Kier molecular flexibility index (Phi) is 8.67. The minimum Gasteiger partial charge on any atom is -0.497 e. The first-order valence-electron chi connectivity index (χ1n) is 11.1. The minimum absolute atomic E-state index is 0.0652. The molecule has 0 aliphatic carbocycles. The third kappa shape index (κ3) is 6.31. The van der Waals surface area contributed by atoms with Crippen molar-refractivity contribution in [2.75, 3.05) is 26.7 Å². The van der Waals surface area contributed by atoms with E-state index >= 15 is 0 Å². The number of ether oxygens (including phenoxy) is 1. The summed E-state index contributed by atoms with van der Waals surface area (Å²) in [5.74, 6) is 0.646. The predicted octanol–water partition coefficient (Wildman–Crippen LogP) is 2.52. The van der Waals surface area contributed by atoms with Gasteiger partial charge < -0.3 is 20.7 Å². The Morgan fingerprint density at radius 3 is 2.75 bits per heavy atom. The average molecular weight is 459 g/mol. The molecule has 1 unspecified atom stereocenters. The van der Waals surface area contributed by atoms with Crippen LogP contribution in [0.2, 0.25) is 0 Å². The van der Waals surface area contributed by atoms with Crippen LogP contribution < -0.4 is 15.8 Å². The molecule has 3 N–H and O–H groups in total. The van der Waals surface area contributed by atoms with Gasteiger partial charge in [-0.2, -0.15) is 0 Å². The molecule has 1 aliphatic heterocycles. The van der Waals surface area contributed by atoms with Gasteiger partial charge in [0.05, 0.1) is 7.11 Å². The molecule has 1 aromatic carbocycles. The number of aryl methyl sites for hydroxylation is 1. The quantitative estimate of drug-likeness (QED) is 0.603. The van der Waals surface area contributed by atoms with Crippen molar-refractivity contribution in [2.24, 2.45) is 5.73 Å². The van der Waals surface area contributed by atoms with Crippen LogP contribution in [0.4, 0.5) is 0 Å². The number of piperidine rings is 1. The number of likely N-dealkylation sites (tertiary alicyclic amines) is 1. The molecular weight excluding hydrogens is 424 g/mol. The molecule has 3 rings (SSSR count). The maximum atomic E-state index is 12.8. The molecule has 1 aromatic heterocycles. The zero-order valence-corrected chi connectivity index (χ0v) is 20.0. The Balaban J connectivity index is 1.83. The maximum Gasteiger partial charge on any atom is 0.242 e. The molecule has 32 heavy (non-hydrogen) atoms. The number of thiophene rings is 1. The summed E-state index contributed by atoms with van der Waals surface area (Å²) >= 11 is 1.80. The van der Waals surface area contributed by atoms with E-state index in [0.29, 0.717) is 26.1 Å². The van der Waals surface area contributed by atoms with Crippen LogP contribution in [0.3, 0.4) is 0 Å². The van der Waals surface area contributed by atoms with E-state index < -0.39 is 6.04 Å². The molecular formula is C24H34N4O3S. The van der Waals surface area contributed by atoms with Crippen LogP contribution in [0.15, 0.2) is 36.4 Å². The van der Waals surface area contributed by atoms with Crippen LogP contribution in [-0.4, -0.2) is 60.4 Å². The average Bonchev–Trinajstić information content (AvgIpc) is 3.21. The fraction of sp³-hybridized carbons (Fsp3) is 0.500. The lowest BCUT2D eigenvalue weighted by Crippen LogP contribution is -2.57. The number of carbonyl (C=O) groups is 2. The number of hydrogen-bond donors (Lipinski definition) is 2. The van der Waals surface area contributed by atoms with E-state index in [1.165, 1.54) is 16.7 Å².